The number of hydrogen-bond donors (Lipinski definition) is 1. The fourth-order valence-corrected chi connectivity index (χ4v) is 4.42. The second-order valence-electron chi connectivity index (χ2n) is 9.36. The van der Waals surface area contributed by atoms with Gasteiger partial charge in [-0.25, -0.2) is 9.67 Å². The van der Waals surface area contributed by atoms with Crippen LogP contribution < -0.4 is 5.32 Å². The zero-order chi connectivity index (χ0) is 25.7. The summed E-state index contributed by atoms with van der Waals surface area (Å²) in [6.07, 6.45) is 0.406. The first-order chi connectivity index (χ1) is 17.2. The molecule has 0 atom stereocenters. The van der Waals surface area contributed by atoms with E-state index in [0.29, 0.717) is 37.1 Å². The number of nitrogens with one attached hydrogen (secondary N) is 1. The number of alkyl halides is 3. The monoisotopic (exact) mass is 503 g/mol. The molecule has 0 spiro atoms. The van der Waals surface area contributed by atoms with Crippen LogP contribution in [0.25, 0.3) is 22.3 Å². The van der Waals surface area contributed by atoms with Crippen LogP contribution in [-0.2, 0) is 17.8 Å². The number of carbonyl (C=O) groups excluding carboxylic acids is 1. The first kappa shape index (κ1) is 26.1. The topological polar surface area (TPSA) is 72.3 Å². The van der Waals surface area contributed by atoms with Gasteiger partial charge in [-0.05, 0) is 50.6 Å². The van der Waals surface area contributed by atoms with E-state index in [4.69, 9.17) is 4.74 Å². The van der Waals surface area contributed by atoms with Gasteiger partial charge in [0, 0.05) is 31.4 Å². The number of pyridine rings is 1. The second-order valence-corrected chi connectivity index (χ2v) is 9.36. The van der Waals surface area contributed by atoms with Gasteiger partial charge in [-0.15, -0.1) is 0 Å². The highest BCUT2D eigenvalue weighted by Crippen LogP contribution is 2.28. The molecule has 10 heteroatoms. The minimum absolute atomic E-state index is 0.0346. The lowest BCUT2D eigenvalue weighted by Crippen LogP contribution is -2.39. The van der Waals surface area contributed by atoms with Crippen molar-refractivity contribution in [1.29, 1.82) is 0 Å². The first-order valence-electron chi connectivity index (χ1n) is 12.3. The van der Waals surface area contributed by atoms with Crippen LogP contribution >= 0.6 is 0 Å². The van der Waals surface area contributed by atoms with E-state index in [0.717, 1.165) is 41.7 Å². The normalized spacial score (nSPS) is 15.1. The highest BCUT2D eigenvalue weighted by atomic mass is 19.4. The molecule has 1 N–H and O–H groups in total. The maximum Gasteiger partial charge on any atom is 0.408 e. The molecule has 0 aliphatic carbocycles. The van der Waals surface area contributed by atoms with E-state index in [-0.39, 0.29) is 23.2 Å². The number of aromatic nitrogens is 3. The Hall–Kier alpha value is -2.98. The molecule has 1 aliphatic rings. The molecule has 3 heterocycles. The summed E-state index contributed by atoms with van der Waals surface area (Å²) >= 11 is 0. The van der Waals surface area contributed by atoms with Gasteiger partial charge in [-0.1, -0.05) is 31.5 Å². The van der Waals surface area contributed by atoms with Gasteiger partial charge in [-0.2, -0.15) is 18.3 Å². The van der Waals surface area contributed by atoms with Crippen molar-refractivity contribution in [2.24, 2.45) is 0 Å². The Kier molecular flexibility index (Phi) is 8.25. The van der Waals surface area contributed by atoms with Crippen LogP contribution in [0.4, 0.5) is 13.2 Å². The van der Waals surface area contributed by atoms with Crippen molar-refractivity contribution in [2.45, 2.75) is 57.9 Å². The van der Waals surface area contributed by atoms with E-state index in [2.05, 4.69) is 34.3 Å². The molecule has 1 saturated heterocycles. The summed E-state index contributed by atoms with van der Waals surface area (Å²) in [4.78, 5) is 20.0. The smallest absolute Gasteiger partial charge is 0.381 e. The Balaban J connectivity index is 1.71. The molecular formula is C26H32F3N5O2. The summed E-state index contributed by atoms with van der Waals surface area (Å²) in [6, 6.07) is 9.34. The molecule has 1 aromatic carbocycles. The molecule has 0 saturated carbocycles. The summed E-state index contributed by atoms with van der Waals surface area (Å²) in [6.45, 7) is 3.69. The number of ether oxygens (including phenoxy) is 1. The van der Waals surface area contributed by atoms with Crippen LogP contribution in [0.15, 0.2) is 36.5 Å². The van der Waals surface area contributed by atoms with Gasteiger partial charge in [-0.3, -0.25) is 4.79 Å². The zero-order valence-electron chi connectivity index (χ0n) is 20.6. The van der Waals surface area contributed by atoms with Crippen molar-refractivity contribution < 1.29 is 22.7 Å². The fourth-order valence-electron chi connectivity index (χ4n) is 4.42. The molecule has 0 unspecified atom stereocenters. The van der Waals surface area contributed by atoms with Crippen molar-refractivity contribution >= 4 is 16.9 Å². The number of rotatable bonds is 9. The number of hydrogen-bond acceptors (Lipinski definition) is 5. The van der Waals surface area contributed by atoms with Gasteiger partial charge in [0.05, 0.1) is 22.8 Å². The van der Waals surface area contributed by atoms with E-state index >= 15 is 0 Å². The predicted molar refractivity (Wildman–Crippen MR) is 132 cm³/mol. The summed E-state index contributed by atoms with van der Waals surface area (Å²) in [7, 11) is 2.06. The molecule has 2 aromatic heterocycles. The molecule has 1 amide bonds. The third kappa shape index (κ3) is 6.61. The molecule has 194 valence electrons. The van der Waals surface area contributed by atoms with E-state index in [1.165, 1.54) is 6.20 Å². The Labute approximate surface area is 208 Å². The Morgan fingerprint density at radius 1 is 1.25 bits per heavy atom. The zero-order valence-corrected chi connectivity index (χ0v) is 20.6. The second kappa shape index (κ2) is 11.4. The Morgan fingerprint density at radius 3 is 2.75 bits per heavy atom. The molecule has 0 radical (unpaired) electrons. The lowest BCUT2D eigenvalue weighted by molar-refractivity contribution is -0.141. The lowest BCUT2D eigenvalue weighted by Gasteiger charge is -2.23. The molecule has 4 rings (SSSR count). The van der Waals surface area contributed by atoms with Crippen LogP contribution in [0.2, 0.25) is 0 Å². The third-order valence-electron chi connectivity index (χ3n) is 6.31. The summed E-state index contributed by atoms with van der Waals surface area (Å²) in [5.74, 6) is -0.349. The largest absolute Gasteiger partial charge is 0.408 e. The van der Waals surface area contributed by atoms with Crippen LogP contribution in [-0.4, -0.2) is 64.6 Å². The van der Waals surface area contributed by atoms with E-state index in [9.17, 15) is 18.0 Å². The third-order valence-corrected chi connectivity index (χ3v) is 6.31. The average molecular weight is 504 g/mol. The number of amides is 1. The number of unbranched alkanes of at least 4 members (excludes halogenated alkanes) is 1. The first-order valence-corrected chi connectivity index (χ1v) is 12.3. The van der Waals surface area contributed by atoms with Crippen LogP contribution in [0.3, 0.4) is 0 Å². The van der Waals surface area contributed by atoms with Gasteiger partial charge in [0.1, 0.15) is 6.54 Å². The molecule has 0 bridgehead atoms. The van der Waals surface area contributed by atoms with Crippen molar-refractivity contribution in [1.82, 2.24) is 25.0 Å². The maximum absolute atomic E-state index is 13.3. The highest BCUT2D eigenvalue weighted by Gasteiger charge is 2.30. The van der Waals surface area contributed by atoms with Gasteiger partial charge in [0.15, 0.2) is 5.65 Å². The van der Waals surface area contributed by atoms with Crippen LogP contribution in [0, 0.1) is 0 Å². The predicted octanol–water partition coefficient (Wildman–Crippen LogP) is 4.80. The minimum Gasteiger partial charge on any atom is -0.381 e. The summed E-state index contributed by atoms with van der Waals surface area (Å²) in [5.41, 5.74) is 2.53. The van der Waals surface area contributed by atoms with Crippen molar-refractivity contribution in [3.63, 3.8) is 0 Å². The summed E-state index contributed by atoms with van der Waals surface area (Å²) in [5, 5.41) is 7.22. The van der Waals surface area contributed by atoms with Gasteiger partial charge < -0.3 is 15.0 Å². The quantitative estimate of drug-likeness (QED) is 0.454. The van der Waals surface area contributed by atoms with Crippen LogP contribution in [0.1, 0.15) is 48.5 Å². The standard InChI is InChI=1S/C26H32F3N5O2/c1-3-4-10-33(2)16-18-6-5-7-19(13-18)23-14-21(25(35)31-20-8-11-36-12-9-20)22-15-30-34(24(22)32-23)17-26(27,28)29/h5-7,13-15,20H,3-4,8-12,16-17H2,1-2H3,(H,31,35). The number of nitrogens with zero attached hydrogens (tertiary/aromatic N) is 4. The molecule has 1 fully saturated rings. The van der Waals surface area contributed by atoms with Crippen molar-refractivity contribution in [3.8, 4) is 11.3 Å². The van der Waals surface area contributed by atoms with Gasteiger partial charge in [0.2, 0.25) is 0 Å². The molecule has 3 aromatic rings. The molecule has 36 heavy (non-hydrogen) atoms. The number of benzene rings is 1. The number of halogens is 3. The van der Waals surface area contributed by atoms with E-state index < -0.39 is 12.7 Å². The molecule has 1 aliphatic heterocycles. The highest BCUT2D eigenvalue weighted by molar-refractivity contribution is 6.06. The SMILES string of the molecule is CCCCN(C)Cc1cccc(-c2cc(C(=O)NC3CCOCC3)c3cnn(CC(F)(F)F)c3n2)c1. The van der Waals surface area contributed by atoms with Gasteiger partial charge >= 0.3 is 6.18 Å². The van der Waals surface area contributed by atoms with E-state index in [1.807, 2.05) is 24.3 Å². The molecule has 7 nitrogen and oxygen atoms in total. The van der Waals surface area contributed by atoms with Crippen molar-refractivity contribution in [2.75, 3.05) is 26.8 Å². The number of fused-ring (bicyclic) bond motifs is 1. The minimum atomic E-state index is -4.47. The Morgan fingerprint density at radius 2 is 2.03 bits per heavy atom. The van der Waals surface area contributed by atoms with Crippen LogP contribution in [0.5, 0.6) is 0 Å². The van der Waals surface area contributed by atoms with E-state index in [1.54, 1.807) is 6.07 Å². The molecular weight excluding hydrogens is 471 g/mol. The number of carbonyl (C=O) groups is 1. The van der Waals surface area contributed by atoms with Gasteiger partial charge in [0.25, 0.3) is 5.91 Å². The Bertz CT molecular complexity index is 1190. The maximum atomic E-state index is 13.3. The fraction of sp³-hybridized carbons (Fsp3) is 0.500. The van der Waals surface area contributed by atoms with Crippen molar-refractivity contribution in [3.05, 3.63) is 47.7 Å². The average Bonchev–Trinajstić information content (AvgIpc) is 3.24. The summed E-state index contributed by atoms with van der Waals surface area (Å²) < 4.78 is 45.8. The lowest BCUT2D eigenvalue weighted by atomic mass is 10.0.